The number of hydrogen-bond donors (Lipinski definition) is 1. The van der Waals surface area contributed by atoms with Gasteiger partial charge in [0.2, 0.25) is 11.8 Å². The summed E-state index contributed by atoms with van der Waals surface area (Å²) in [6.45, 7) is 0.473. The maximum atomic E-state index is 12.3. The summed E-state index contributed by atoms with van der Waals surface area (Å²) in [5.41, 5.74) is 1.55. The summed E-state index contributed by atoms with van der Waals surface area (Å²) in [4.78, 5) is 20.1. The molecule has 0 aliphatic rings. The molecule has 0 saturated carbocycles. The highest BCUT2D eigenvalue weighted by atomic mass is 19.4. The van der Waals surface area contributed by atoms with Crippen molar-refractivity contribution in [3.05, 3.63) is 66.0 Å². The van der Waals surface area contributed by atoms with Crippen LogP contribution in [0.25, 0.3) is 0 Å². The topological polar surface area (TPSA) is 82.6 Å². The molecular weight excluding hydrogens is 415 g/mol. The number of nitrogens with one attached hydrogen (secondary N) is 1. The zero-order valence-corrected chi connectivity index (χ0v) is 16.6. The predicted octanol–water partition coefficient (Wildman–Crippen LogP) is 4.78. The number of hydrogen-bond acceptors (Lipinski definition) is 6. The first kappa shape index (κ1) is 21.9. The van der Waals surface area contributed by atoms with E-state index in [2.05, 4.69) is 20.0 Å². The lowest BCUT2D eigenvalue weighted by molar-refractivity contribution is -0.154. The van der Waals surface area contributed by atoms with Gasteiger partial charge in [0.25, 0.3) is 5.91 Å². The van der Waals surface area contributed by atoms with Gasteiger partial charge in [-0.2, -0.15) is 13.2 Å². The highest BCUT2D eigenvalue weighted by Crippen LogP contribution is 2.31. The average molecular weight is 433 g/mol. The van der Waals surface area contributed by atoms with Gasteiger partial charge in [0.05, 0.1) is 24.6 Å². The molecule has 0 saturated heterocycles. The molecule has 0 aliphatic heterocycles. The zero-order chi connectivity index (χ0) is 22.4. The van der Waals surface area contributed by atoms with Crippen LogP contribution in [-0.4, -0.2) is 35.8 Å². The Bertz CT molecular complexity index is 1040. The second-order valence-corrected chi connectivity index (χ2v) is 6.38. The van der Waals surface area contributed by atoms with Gasteiger partial charge in [0.15, 0.2) is 18.1 Å². The van der Waals surface area contributed by atoms with Crippen molar-refractivity contribution in [1.82, 2.24) is 9.97 Å². The van der Waals surface area contributed by atoms with E-state index in [1.807, 2.05) is 19.1 Å². The van der Waals surface area contributed by atoms with Gasteiger partial charge in [-0.25, -0.2) is 9.97 Å². The molecule has 0 bridgehead atoms. The third-order valence-corrected chi connectivity index (χ3v) is 3.91. The number of methoxy groups -OCH3 is 1. The molecule has 0 fully saturated rings. The standard InChI is InChI=1S/C21H18F3N3O4/c1-13-3-6-16(17(9-13)29-2)31-19-8-5-15(11-26-19)27-20(28)14-4-7-18(25-10-14)30-12-21(22,23)24/h3-11H,12H2,1-2H3,(H,27,28). The summed E-state index contributed by atoms with van der Waals surface area (Å²) >= 11 is 0. The second kappa shape index (κ2) is 9.33. The molecule has 1 N–H and O–H groups in total. The van der Waals surface area contributed by atoms with Gasteiger partial charge >= 0.3 is 6.18 Å². The van der Waals surface area contributed by atoms with Crippen LogP contribution >= 0.6 is 0 Å². The van der Waals surface area contributed by atoms with Crippen LogP contribution < -0.4 is 19.5 Å². The third-order valence-electron chi connectivity index (χ3n) is 3.91. The average Bonchev–Trinajstić information content (AvgIpc) is 2.74. The number of anilines is 1. The van der Waals surface area contributed by atoms with E-state index in [9.17, 15) is 18.0 Å². The smallest absolute Gasteiger partial charge is 0.422 e. The Balaban J connectivity index is 1.60. The molecule has 0 spiro atoms. The molecule has 0 aliphatic carbocycles. The van der Waals surface area contributed by atoms with E-state index < -0.39 is 18.7 Å². The van der Waals surface area contributed by atoms with E-state index in [-0.39, 0.29) is 11.4 Å². The number of aromatic nitrogens is 2. The fraction of sp³-hybridized carbons (Fsp3) is 0.190. The molecule has 2 aromatic heterocycles. The number of amides is 1. The number of carbonyl (C=O) groups excluding carboxylic acids is 1. The summed E-state index contributed by atoms with van der Waals surface area (Å²) in [5.74, 6) is 0.618. The Morgan fingerprint density at radius 1 is 1.00 bits per heavy atom. The van der Waals surface area contributed by atoms with Crippen LogP contribution in [0.3, 0.4) is 0 Å². The molecule has 0 unspecified atom stereocenters. The summed E-state index contributed by atoms with van der Waals surface area (Å²) in [6, 6.07) is 11.1. The number of alkyl halides is 3. The largest absolute Gasteiger partial charge is 0.493 e. The Labute approximate surface area is 175 Å². The number of nitrogens with zero attached hydrogens (tertiary/aromatic N) is 2. The molecular formula is C21H18F3N3O4. The minimum absolute atomic E-state index is 0.143. The number of aryl methyl sites for hydroxylation is 1. The molecule has 0 radical (unpaired) electrons. The van der Waals surface area contributed by atoms with Gasteiger partial charge in [-0.05, 0) is 36.8 Å². The summed E-state index contributed by atoms with van der Waals surface area (Å²) in [7, 11) is 1.54. The van der Waals surface area contributed by atoms with Crippen molar-refractivity contribution < 1.29 is 32.2 Å². The number of halogens is 3. The van der Waals surface area contributed by atoms with Gasteiger partial charge in [-0.1, -0.05) is 6.07 Å². The molecule has 10 heteroatoms. The first-order chi connectivity index (χ1) is 14.7. The first-order valence-electron chi connectivity index (χ1n) is 8.99. The van der Waals surface area contributed by atoms with E-state index in [4.69, 9.17) is 9.47 Å². The summed E-state index contributed by atoms with van der Waals surface area (Å²) in [6.07, 6.45) is -1.94. The maximum Gasteiger partial charge on any atom is 0.422 e. The zero-order valence-electron chi connectivity index (χ0n) is 16.6. The Morgan fingerprint density at radius 3 is 2.35 bits per heavy atom. The second-order valence-electron chi connectivity index (χ2n) is 6.38. The third kappa shape index (κ3) is 6.33. The van der Waals surface area contributed by atoms with Gasteiger partial charge in [0.1, 0.15) is 0 Å². The van der Waals surface area contributed by atoms with Gasteiger partial charge < -0.3 is 19.5 Å². The maximum absolute atomic E-state index is 12.3. The van der Waals surface area contributed by atoms with E-state index in [0.717, 1.165) is 11.8 Å². The minimum atomic E-state index is -4.47. The monoisotopic (exact) mass is 433 g/mol. The number of rotatable bonds is 7. The Hall–Kier alpha value is -3.82. The van der Waals surface area contributed by atoms with Crippen LogP contribution in [0.15, 0.2) is 54.9 Å². The molecule has 0 atom stereocenters. The quantitative estimate of drug-likeness (QED) is 0.578. The van der Waals surface area contributed by atoms with Gasteiger partial charge in [0, 0.05) is 18.3 Å². The Morgan fingerprint density at radius 2 is 1.74 bits per heavy atom. The molecule has 1 amide bonds. The van der Waals surface area contributed by atoms with E-state index >= 15 is 0 Å². The van der Waals surface area contributed by atoms with E-state index in [0.29, 0.717) is 23.1 Å². The van der Waals surface area contributed by atoms with Crippen molar-refractivity contribution >= 4 is 11.6 Å². The number of benzene rings is 1. The van der Waals surface area contributed by atoms with Crippen molar-refractivity contribution in [2.45, 2.75) is 13.1 Å². The lowest BCUT2D eigenvalue weighted by Gasteiger charge is -2.11. The van der Waals surface area contributed by atoms with Crippen LogP contribution in [0.2, 0.25) is 0 Å². The first-order valence-corrected chi connectivity index (χ1v) is 8.99. The van der Waals surface area contributed by atoms with Crippen molar-refractivity contribution in [3.8, 4) is 23.3 Å². The normalized spacial score (nSPS) is 11.0. The summed E-state index contributed by atoms with van der Waals surface area (Å²) in [5, 5.41) is 2.61. The number of pyridine rings is 2. The van der Waals surface area contributed by atoms with E-state index in [1.54, 1.807) is 18.2 Å². The highest BCUT2D eigenvalue weighted by Gasteiger charge is 2.28. The fourth-order valence-corrected chi connectivity index (χ4v) is 2.45. The van der Waals surface area contributed by atoms with Crippen molar-refractivity contribution in [1.29, 1.82) is 0 Å². The summed E-state index contributed by atoms with van der Waals surface area (Å²) < 4.78 is 52.0. The number of ether oxygens (including phenoxy) is 3. The lowest BCUT2D eigenvalue weighted by Crippen LogP contribution is -2.19. The van der Waals surface area contributed by atoms with Crippen LogP contribution in [0, 0.1) is 6.92 Å². The van der Waals surface area contributed by atoms with Gasteiger partial charge in [-0.3, -0.25) is 4.79 Å². The van der Waals surface area contributed by atoms with Crippen molar-refractivity contribution in [2.75, 3.05) is 19.0 Å². The molecule has 1 aromatic carbocycles. The molecule has 162 valence electrons. The lowest BCUT2D eigenvalue weighted by atomic mass is 10.2. The van der Waals surface area contributed by atoms with Crippen LogP contribution in [0.4, 0.5) is 18.9 Å². The van der Waals surface area contributed by atoms with Crippen LogP contribution in [-0.2, 0) is 0 Å². The molecule has 2 heterocycles. The minimum Gasteiger partial charge on any atom is -0.493 e. The predicted molar refractivity (Wildman–Crippen MR) is 106 cm³/mol. The van der Waals surface area contributed by atoms with Crippen LogP contribution in [0.5, 0.6) is 23.3 Å². The number of carbonyl (C=O) groups is 1. The van der Waals surface area contributed by atoms with E-state index in [1.165, 1.54) is 25.4 Å². The Kier molecular flexibility index (Phi) is 6.58. The highest BCUT2D eigenvalue weighted by molar-refractivity contribution is 6.04. The molecule has 3 rings (SSSR count). The SMILES string of the molecule is COc1cc(C)ccc1Oc1ccc(NC(=O)c2ccc(OCC(F)(F)F)nc2)cn1. The fourth-order valence-electron chi connectivity index (χ4n) is 2.45. The molecule has 3 aromatic rings. The molecule has 7 nitrogen and oxygen atoms in total. The molecule has 31 heavy (non-hydrogen) atoms. The van der Waals surface area contributed by atoms with Crippen LogP contribution in [0.1, 0.15) is 15.9 Å². The van der Waals surface area contributed by atoms with Gasteiger partial charge in [-0.15, -0.1) is 0 Å². The van der Waals surface area contributed by atoms with Crippen molar-refractivity contribution in [3.63, 3.8) is 0 Å². The van der Waals surface area contributed by atoms with Crippen molar-refractivity contribution in [2.24, 2.45) is 0 Å².